The Morgan fingerprint density at radius 1 is 1.09 bits per heavy atom. The van der Waals surface area contributed by atoms with Crippen LogP contribution in [0.4, 0.5) is 14.6 Å². The molecule has 13 heteroatoms. The van der Waals surface area contributed by atoms with Crippen LogP contribution in [0.5, 0.6) is 0 Å². The number of likely N-dealkylation sites (tertiary alicyclic amines) is 1. The third-order valence-electron chi connectivity index (χ3n) is 9.07. The van der Waals surface area contributed by atoms with Crippen molar-refractivity contribution in [1.82, 2.24) is 25.1 Å². The molecule has 4 aliphatic rings. The van der Waals surface area contributed by atoms with Crippen molar-refractivity contribution >= 4 is 23.3 Å². The van der Waals surface area contributed by atoms with Crippen molar-refractivity contribution in [2.75, 3.05) is 38.0 Å². The molecule has 45 heavy (non-hydrogen) atoms. The second kappa shape index (κ2) is 13.7. The predicted octanol–water partition coefficient (Wildman–Crippen LogP) is 3.00. The van der Waals surface area contributed by atoms with E-state index >= 15 is 8.78 Å². The molecule has 1 saturated heterocycles. The number of aromatic nitrogens is 2. The first-order valence-corrected chi connectivity index (χ1v) is 16.0. The van der Waals surface area contributed by atoms with E-state index in [1.165, 1.54) is 22.1 Å². The lowest BCUT2D eigenvalue weighted by molar-refractivity contribution is -0.136. The molecule has 242 valence electrons. The first kappa shape index (κ1) is 31.3. The quantitative estimate of drug-likeness (QED) is 0.257. The Balaban J connectivity index is 0.991. The fourth-order valence-electron chi connectivity index (χ4n) is 6.34. The lowest BCUT2D eigenvalue weighted by atomic mass is 9.99. The summed E-state index contributed by atoms with van der Waals surface area (Å²) >= 11 is 0. The minimum atomic E-state index is -3.25. The molecule has 0 radical (unpaired) electrons. The molecular weight excluding hydrogens is 584 g/mol. The molecular formula is C32H41F2N7O4. The maximum absolute atomic E-state index is 15.3. The van der Waals surface area contributed by atoms with E-state index in [0.29, 0.717) is 6.54 Å². The summed E-state index contributed by atoms with van der Waals surface area (Å²) in [6.07, 6.45) is 6.78. The fraction of sp³-hybridized carbons (Fsp3) is 0.594. The molecule has 0 bridgehead atoms. The average molecular weight is 626 g/mol. The number of hydrogen-bond donors (Lipinski definition) is 3. The normalized spacial score (nSPS) is 22.9. The number of piperidine rings is 1. The minimum Gasteiger partial charge on any atom is -0.392 e. The van der Waals surface area contributed by atoms with Gasteiger partial charge in [-0.1, -0.05) is 29.4 Å². The molecule has 1 aromatic carbocycles. The average Bonchev–Trinajstić information content (AvgIpc) is 3.74. The number of aliphatic hydroxyl groups is 1. The van der Waals surface area contributed by atoms with Gasteiger partial charge in [0.05, 0.1) is 18.7 Å². The van der Waals surface area contributed by atoms with E-state index in [9.17, 15) is 14.7 Å². The van der Waals surface area contributed by atoms with Crippen molar-refractivity contribution in [1.29, 1.82) is 0 Å². The Morgan fingerprint density at radius 2 is 1.87 bits per heavy atom. The van der Waals surface area contributed by atoms with Crippen LogP contribution in [0, 0.1) is 5.92 Å². The van der Waals surface area contributed by atoms with Gasteiger partial charge in [0, 0.05) is 44.7 Å². The van der Waals surface area contributed by atoms with Crippen molar-refractivity contribution in [3.05, 3.63) is 53.5 Å². The van der Waals surface area contributed by atoms with Gasteiger partial charge in [-0.25, -0.2) is 18.7 Å². The summed E-state index contributed by atoms with van der Waals surface area (Å²) in [4.78, 5) is 43.0. The number of fused-ring (bicyclic) bond motifs is 1. The highest BCUT2D eigenvalue weighted by Gasteiger charge is 2.48. The van der Waals surface area contributed by atoms with Crippen LogP contribution >= 0.6 is 0 Å². The van der Waals surface area contributed by atoms with Gasteiger partial charge >= 0.3 is 0 Å². The highest BCUT2D eigenvalue weighted by Crippen LogP contribution is 2.35. The van der Waals surface area contributed by atoms with Crippen LogP contribution in [0.3, 0.4) is 0 Å². The summed E-state index contributed by atoms with van der Waals surface area (Å²) in [5.41, 5.74) is 2.81. The van der Waals surface area contributed by atoms with Gasteiger partial charge in [0.1, 0.15) is 29.7 Å². The molecule has 2 aliphatic carbocycles. The molecule has 2 aromatic rings. The van der Waals surface area contributed by atoms with E-state index in [-0.39, 0.29) is 48.8 Å². The number of oxime groups is 1. The van der Waals surface area contributed by atoms with Crippen LogP contribution in [0.25, 0.3) is 0 Å². The summed E-state index contributed by atoms with van der Waals surface area (Å²) in [5, 5.41) is 20.1. The van der Waals surface area contributed by atoms with Crippen LogP contribution < -0.4 is 10.6 Å². The number of hydrogen-bond acceptors (Lipinski definition) is 9. The first-order chi connectivity index (χ1) is 21.7. The lowest BCUT2D eigenvalue weighted by Gasteiger charge is -2.38. The Bertz CT molecular complexity index is 1400. The van der Waals surface area contributed by atoms with E-state index in [1.54, 1.807) is 0 Å². The summed E-state index contributed by atoms with van der Waals surface area (Å²) in [6, 6.07) is 8.26. The van der Waals surface area contributed by atoms with Crippen molar-refractivity contribution in [2.45, 2.75) is 82.1 Å². The fourth-order valence-corrected chi connectivity index (χ4v) is 6.34. The van der Waals surface area contributed by atoms with Crippen molar-refractivity contribution in [3.63, 3.8) is 0 Å². The number of alkyl halides is 2. The number of aliphatic hydroxyl groups excluding tert-OH is 1. The highest BCUT2D eigenvalue weighted by atomic mass is 19.3. The first-order valence-electron chi connectivity index (χ1n) is 16.0. The van der Waals surface area contributed by atoms with E-state index in [1.807, 2.05) is 12.1 Å². The van der Waals surface area contributed by atoms with E-state index < -0.39 is 36.4 Å². The SMILES string of the molecule is O=C(NC[C@H](O)CN1CCc2ccccc2C1)c1cc(NC2CCN(C(=O)/C(=N\OC3CCCC3)C3CC3)CC2(F)F)ncn1. The van der Waals surface area contributed by atoms with Gasteiger partial charge < -0.3 is 25.5 Å². The van der Waals surface area contributed by atoms with Gasteiger partial charge in [0.15, 0.2) is 0 Å². The zero-order valence-corrected chi connectivity index (χ0v) is 25.3. The number of anilines is 1. The zero-order valence-electron chi connectivity index (χ0n) is 25.3. The second-order valence-electron chi connectivity index (χ2n) is 12.6. The smallest absolute Gasteiger partial charge is 0.285 e. The van der Waals surface area contributed by atoms with E-state index in [2.05, 4.69) is 42.8 Å². The Morgan fingerprint density at radius 3 is 2.62 bits per heavy atom. The van der Waals surface area contributed by atoms with Crippen molar-refractivity contribution in [3.8, 4) is 0 Å². The maximum Gasteiger partial charge on any atom is 0.285 e. The number of rotatable bonds is 11. The number of carbonyl (C=O) groups is 2. The molecule has 11 nitrogen and oxygen atoms in total. The van der Waals surface area contributed by atoms with Crippen LogP contribution in [0.1, 0.15) is 66.6 Å². The van der Waals surface area contributed by atoms with E-state index in [4.69, 9.17) is 4.84 Å². The molecule has 3 fully saturated rings. The number of halogens is 2. The Kier molecular flexibility index (Phi) is 9.55. The van der Waals surface area contributed by atoms with Gasteiger partial charge in [-0.05, 0) is 62.5 Å². The molecule has 3 heterocycles. The lowest BCUT2D eigenvalue weighted by Crippen LogP contribution is -2.57. The van der Waals surface area contributed by atoms with Gasteiger partial charge in [0.2, 0.25) is 0 Å². The summed E-state index contributed by atoms with van der Waals surface area (Å²) < 4.78 is 30.7. The predicted molar refractivity (Wildman–Crippen MR) is 163 cm³/mol. The van der Waals surface area contributed by atoms with Gasteiger partial charge in [0.25, 0.3) is 17.7 Å². The minimum absolute atomic E-state index is 0.00456. The van der Waals surface area contributed by atoms with Crippen LogP contribution in [-0.2, 0) is 22.6 Å². The third kappa shape index (κ3) is 7.93. The van der Waals surface area contributed by atoms with E-state index in [0.717, 1.165) is 64.4 Å². The Hall–Kier alpha value is -3.71. The van der Waals surface area contributed by atoms with Crippen LogP contribution in [0.2, 0.25) is 0 Å². The molecule has 2 saturated carbocycles. The molecule has 2 amide bonds. The number of β-amino-alcohol motifs (C(OH)–C–C–N with tert-alkyl or cyclic N) is 1. The van der Waals surface area contributed by atoms with Gasteiger partial charge in [-0.15, -0.1) is 0 Å². The van der Waals surface area contributed by atoms with Crippen molar-refractivity contribution < 1.29 is 28.3 Å². The largest absolute Gasteiger partial charge is 0.392 e. The second-order valence-corrected chi connectivity index (χ2v) is 12.6. The monoisotopic (exact) mass is 625 g/mol. The highest BCUT2D eigenvalue weighted by molar-refractivity contribution is 6.40. The maximum atomic E-state index is 15.3. The molecule has 2 aliphatic heterocycles. The van der Waals surface area contributed by atoms with Crippen LogP contribution in [0.15, 0.2) is 41.8 Å². The van der Waals surface area contributed by atoms with Crippen LogP contribution in [-0.4, -0.2) is 99.3 Å². The molecule has 2 atom stereocenters. The van der Waals surface area contributed by atoms with Gasteiger partial charge in [-0.2, -0.15) is 0 Å². The third-order valence-corrected chi connectivity index (χ3v) is 9.07. The molecule has 1 aromatic heterocycles. The molecule has 3 N–H and O–H groups in total. The zero-order chi connectivity index (χ0) is 31.4. The summed E-state index contributed by atoms with van der Waals surface area (Å²) in [6.45, 7) is 1.36. The Labute approximate surface area is 261 Å². The molecule has 0 spiro atoms. The number of nitrogens with zero attached hydrogens (tertiary/aromatic N) is 5. The van der Waals surface area contributed by atoms with Crippen molar-refractivity contribution in [2.24, 2.45) is 11.1 Å². The molecule has 6 rings (SSSR count). The number of carbonyl (C=O) groups excluding carboxylic acids is 2. The standard InChI is InChI=1S/C32H41F2N7O4/c33-32(34)19-41(31(44)29(22-9-10-22)39-45-25-7-3-4-8-25)14-12-27(32)38-28-15-26(36-20-37-28)30(43)35-16-24(42)18-40-13-11-21-5-1-2-6-23(21)17-40/h1-2,5-6,15,20,22,24-25,27,42H,3-4,7-14,16-19H2,(H,35,43)(H,36,37,38)/b39-29-/t24-,27?/m0/s1. The number of nitrogens with one attached hydrogen (secondary N) is 2. The number of amides is 2. The summed E-state index contributed by atoms with van der Waals surface area (Å²) in [7, 11) is 0. The topological polar surface area (TPSA) is 132 Å². The van der Waals surface area contributed by atoms with Gasteiger partial charge in [-0.3, -0.25) is 14.5 Å². The summed E-state index contributed by atoms with van der Waals surface area (Å²) in [5.74, 6) is -4.22. The molecule has 1 unspecified atom stereocenters. The number of benzene rings is 1.